The summed E-state index contributed by atoms with van der Waals surface area (Å²) in [5.74, 6) is 0.463. The molecule has 0 amide bonds. The maximum absolute atomic E-state index is 12.3. The van der Waals surface area contributed by atoms with Gasteiger partial charge in [-0.25, -0.2) is 4.79 Å². The predicted molar refractivity (Wildman–Crippen MR) is 98.8 cm³/mol. The maximum Gasteiger partial charge on any atom is 0.329 e. The lowest BCUT2D eigenvalue weighted by atomic mass is 10.1. The van der Waals surface area contributed by atoms with Gasteiger partial charge in [0.25, 0.3) is 11.2 Å². The monoisotopic (exact) mass is 366 g/mol. The van der Waals surface area contributed by atoms with Gasteiger partial charge in [-0.3, -0.25) is 28.9 Å². The SMILES string of the molecule is C=CCn1c(-c2ccc([N+](=O)[O-])cc2)cn2c3c(=O)[nH]c(=O)n(C)c3nc12. The van der Waals surface area contributed by atoms with E-state index in [9.17, 15) is 19.7 Å². The predicted octanol–water partition coefficient (Wildman–Crippen LogP) is 1.44. The van der Waals surface area contributed by atoms with Crippen molar-refractivity contribution < 1.29 is 4.92 Å². The third-order valence-corrected chi connectivity index (χ3v) is 4.40. The average molecular weight is 366 g/mol. The highest BCUT2D eigenvalue weighted by molar-refractivity contribution is 5.78. The molecule has 1 aromatic carbocycles. The zero-order valence-electron chi connectivity index (χ0n) is 14.2. The number of aromatic nitrogens is 5. The van der Waals surface area contributed by atoms with Crippen LogP contribution in [0.1, 0.15) is 0 Å². The molecule has 136 valence electrons. The van der Waals surface area contributed by atoms with Crippen LogP contribution in [0.5, 0.6) is 0 Å². The van der Waals surface area contributed by atoms with Gasteiger partial charge in [-0.1, -0.05) is 6.08 Å². The first-order valence-corrected chi connectivity index (χ1v) is 7.98. The molecule has 0 saturated carbocycles. The molecule has 0 aliphatic rings. The second-order valence-electron chi connectivity index (χ2n) is 5.99. The van der Waals surface area contributed by atoms with Gasteiger partial charge in [0.05, 0.1) is 10.6 Å². The van der Waals surface area contributed by atoms with Crippen LogP contribution in [0.25, 0.3) is 28.2 Å². The van der Waals surface area contributed by atoms with E-state index in [0.29, 0.717) is 18.0 Å². The number of non-ortho nitro benzene ring substituents is 1. The number of nitro benzene ring substituents is 1. The number of aromatic amines is 1. The third kappa shape index (κ3) is 2.38. The van der Waals surface area contributed by atoms with Crippen molar-refractivity contribution in [3.63, 3.8) is 0 Å². The zero-order valence-corrected chi connectivity index (χ0v) is 14.2. The topological polar surface area (TPSA) is 120 Å². The molecule has 27 heavy (non-hydrogen) atoms. The quantitative estimate of drug-likeness (QED) is 0.333. The van der Waals surface area contributed by atoms with E-state index in [1.54, 1.807) is 28.8 Å². The van der Waals surface area contributed by atoms with E-state index in [4.69, 9.17) is 0 Å². The van der Waals surface area contributed by atoms with E-state index in [0.717, 1.165) is 5.56 Å². The number of benzene rings is 1. The summed E-state index contributed by atoms with van der Waals surface area (Å²) < 4.78 is 4.69. The molecule has 0 aliphatic carbocycles. The number of rotatable bonds is 4. The average Bonchev–Trinajstić information content (AvgIpc) is 3.17. The number of aryl methyl sites for hydroxylation is 1. The Morgan fingerprint density at radius 3 is 2.63 bits per heavy atom. The van der Waals surface area contributed by atoms with Crippen molar-refractivity contribution in [1.82, 2.24) is 23.5 Å². The lowest BCUT2D eigenvalue weighted by Crippen LogP contribution is -2.28. The van der Waals surface area contributed by atoms with Crippen LogP contribution in [0.4, 0.5) is 5.69 Å². The molecule has 0 fully saturated rings. The van der Waals surface area contributed by atoms with Crippen LogP contribution < -0.4 is 11.2 Å². The number of H-pyrrole nitrogens is 1. The van der Waals surface area contributed by atoms with Gasteiger partial charge < -0.3 is 4.57 Å². The Bertz CT molecular complexity index is 1340. The summed E-state index contributed by atoms with van der Waals surface area (Å²) in [4.78, 5) is 41.3. The zero-order chi connectivity index (χ0) is 19.3. The summed E-state index contributed by atoms with van der Waals surface area (Å²) in [5, 5.41) is 10.9. The number of hydrogen-bond acceptors (Lipinski definition) is 5. The molecule has 0 unspecified atom stereocenters. The molecule has 10 nitrogen and oxygen atoms in total. The molecule has 0 spiro atoms. The Balaban J connectivity index is 2.04. The van der Waals surface area contributed by atoms with Crippen LogP contribution >= 0.6 is 0 Å². The number of hydrogen-bond donors (Lipinski definition) is 1. The first-order chi connectivity index (χ1) is 12.9. The number of nitro groups is 1. The van der Waals surface area contributed by atoms with Gasteiger partial charge in [0.15, 0.2) is 11.2 Å². The molecule has 1 N–H and O–H groups in total. The van der Waals surface area contributed by atoms with E-state index in [1.807, 2.05) is 4.57 Å². The van der Waals surface area contributed by atoms with Crippen LogP contribution in [0.15, 0.2) is 52.7 Å². The minimum Gasteiger partial charge on any atom is -0.306 e. The lowest BCUT2D eigenvalue weighted by Gasteiger charge is -2.06. The number of nitrogens with zero attached hydrogens (tertiary/aromatic N) is 5. The Morgan fingerprint density at radius 1 is 1.30 bits per heavy atom. The molecule has 4 rings (SSSR count). The molecular weight excluding hydrogens is 352 g/mol. The summed E-state index contributed by atoms with van der Waals surface area (Å²) in [6.45, 7) is 4.15. The second-order valence-corrected chi connectivity index (χ2v) is 5.99. The van der Waals surface area contributed by atoms with Gasteiger partial charge in [-0.15, -0.1) is 6.58 Å². The van der Waals surface area contributed by atoms with Gasteiger partial charge in [-0.05, 0) is 12.1 Å². The van der Waals surface area contributed by atoms with Gasteiger partial charge in [0.1, 0.15) is 0 Å². The Hall–Kier alpha value is -3.95. The van der Waals surface area contributed by atoms with Gasteiger partial charge in [0.2, 0.25) is 5.78 Å². The van der Waals surface area contributed by atoms with E-state index < -0.39 is 16.2 Å². The van der Waals surface area contributed by atoms with E-state index in [-0.39, 0.29) is 16.9 Å². The summed E-state index contributed by atoms with van der Waals surface area (Å²) in [7, 11) is 1.53. The summed E-state index contributed by atoms with van der Waals surface area (Å²) in [6.07, 6.45) is 3.40. The summed E-state index contributed by atoms with van der Waals surface area (Å²) >= 11 is 0. The molecule has 0 saturated heterocycles. The van der Waals surface area contributed by atoms with Gasteiger partial charge in [0, 0.05) is 37.5 Å². The molecule has 0 radical (unpaired) electrons. The smallest absolute Gasteiger partial charge is 0.306 e. The fraction of sp³-hybridized carbons (Fsp3) is 0.118. The van der Waals surface area contributed by atoms with E-state index in [1.165, 1.54) is 23.7 Å². The van der Waals surface area contributed by atoms with Crippen LogP contribution in [-0.4, -0.2) is 28.4 Å². The van der Waals surface area contributed by atoms with E-state index >= 15 is 0 Å². The largest absolute Gasteiger partial charge is 0.329 e. The molecular formula is C17H14N6O4. The van der Waals surface area contributed by atoms with Crippen LogP contribution in [0, 0.1) is 10.1 Å². The van der Waals surface area contributed by atoms with Crippen LogP contribution in [0.3, 0.4) is 0 Å². The minimum atomic E-state index is -0.542. The van der Waals surface area contributed by atoms with Crippen molar-refractivity contribution in [3.8, 4) is 11.3 Å². The van der Waals surface area contributed by atoms with Crippen LogP contribution in [0.2, 0.25) is 0 Å². The molecule has 3 aromatic heterocycles. The lowest BCUT2D eigenvalue weighted by molar-refractivity contribution is -0.384. The standard InChI is InChI=1S/C17H14N6O4/c1-3-8-21-12(10-4-6-11(7-5-10)23(26)27)9-22-13-14(18-16(21)22)20(2)17(25)19-15(13)24/h3-7,9H,1,8H2,2H3,(H,19,24,25). The molecule has 0 aliphatic heterocycles. The van der Waals surface area contributed by atoms with Crippen molar-refractivity contribution in [2.75, 3.05) is 0 Å². The van der Waals surface area contributed by atoms with E-state index in [2.05, 4.69) is 16.5 Å². The molecule has 10 heteroatoms. The van der Waals surface area contributed by atoms with Crippen molar-refractivity contribution in [2.24, 2.45) is 7.05 Å². The van der Waals surface area contributed by atoms with Crippen molar-refractivity contribution in [2.45, 2.75) is 6.54 Å². The first-order valence-electron chi connectivity index (χ1n) is 7.98. The highest BCUT2D eigenvalue weighted by Crippen LogP contribution is 2.27. The maximum atomic E-state index is 12.3. The molecule has 3 heterocycles. The highest BCUT2D eigenvalue weighted by Gasteiger charge is 2.19. The second kappa shape index (κ2) is 5.80. The van der Waals surface area contributed by atoms with Crippen LogP contribution in [-0.2, 0) is 13.6 Å². The van der Waals surface area contributed by atoms with Crippen molar-refractivity contribution in [1.29, 1.82) is 0 Å². The van der Waals surface area contributed by atoms with Gasteiger partial charge >= 0.3 is 5.69 Å². The minimum absolute atomic E-state index is 0.0118. The highest BCUT2D eigenvalue weighted by atomic mass is 16.6. The Labute approximate surface area is 150 Å². The van der Waals surface area contributed by atoms with Crippen molar-refractivity contribution >= 4 is 22.6 Å². The number of fused-ring (bicyclic) bond motifs is 3. The molecule has 4 aromatic rings. The van der Waals surface area contributed by atoms with Crippen molar-refractivity contribution in [3.05, 3.63) is 74.1 Å². The normalized spacial score (nSPS) is 11.3. The Morgan fingerprint density at radius 2 is 2.00 bits per heavy atom. The third-order valence-electron chi connectivity index (χ3n) is 4.40. The Kier molecular flexibility index (Phi) is 3.55. The number of nitrogens with one attached hydrogen (secondary N) is 1. The summed E-state index contributed by atoms with van der Waals surface area (Å²) in [5.41, 5.74) is 0.864. The fourth-order valence-electron chi connectivity index (χ4n) is 3.10. The summed E-state index contributed by atoms with van der Waals surface area (Å²) in [6, 6.07) is 6.10. The molecule has 0 bridgehead atoms. The number of allylic oxidation sites excluding steroid dienone is 1. The fourth-order valence-corrected chi connectivity index (χ4v) is 3.10. The van der Waals surface area contributed by atoms with Gasteiger partial charge in [-0.2, -0.15) is 4.98 Å². The number of imidazole rings is 2. The molecule has 0 atom stereocenters. The first kappa shape index (κ1) is 16.5.